The van der Waals surface area contributed by atoms with Crippen molar-refractivity contribution < 1.29 is 13.2 Å². The van der Waals surface area contributed by atoms with Crippen LogP contribution in [0, 0.1) is 0 Å². The molecule has 1 N–H and O–H groups in total. The molecule has 0 bridgehead atoms. The number of aryl methyl sites for hydroxylation is 1. The summed E-state index contributed by atoms with van der Waals surface area (Å²) >= 11 is 0. The fraction of sp³-hybridized carbons (Fsp3) is 0.400. The summed E-state index contributed by atoms with van der Waals surface area (Å²) in [6.45, 7) is 9.12. The SMILES string of the molecule is CCN1C(=O)N=NC1(CCCc1ccc(-c2cc(NS(C)(=O)=O)ccn2)cc1)Cc1ccc(C(C)(C)C)cc1. The Morgan fingerprint density at radius 3 is 2.26 bits per heavy atom. The molecule has 2 amide bonds. The van der Waals surface area contributed by atoms with Gasteiger partial charge in [-0.1, -0.05) is 74.4 Å². The normalized spacial score (nSPS) is 17.6. The molecule has 3 aromatic rings. The van der Waals surface area contributed by atoms with E-state index in [9.17, 15) is 13.2 Å². The van der Waals surface area contributed by atoms with E-state index in [1.807, 2.05) is 19.1 Å². The molecule has 39 heavy (non-hydrogen) atoms. The van der Waals surface area contributed by atoms with E-state index >= 15 is 0 Å². The third-order valence-corrected chi connectivity index (χ3v) is 7.64. The fourth-order valence-corrected chi connectivity index (χ4v) is 5.54. The van der Waals surface area contributed by atoms with Crippen molar-refractivity contribution in [3.63, 3.8) is 0 Å². The zero-order chi connectivity index (χ0) is 28.3. The highest BCUT2D eigenvalue weighted by Crippen LogP contribution is 2.35. The minimum Gasteiger partial charge on any atom is -0.295 e. The van der Waals surface area contributed by atoms with E-state index in [0.717, 1.165) is 35.8 Å². The Balaban J connectivity index is 1.44. The monoisotopic (exact) mass is 547 g/mol. The summed E-state index contributed by atoms with van der Waals surface area (Å²) in [7, 11) is -3.36. The average Bonchev–Trinajstić information content (AvgIpc) is 3.18. The lowest BCUT2D eigenvalue weighted by Crippen LogP contribution is -2.47. The number of carbonyl (C=O) groups excluding carboxylic acids is 1. The number of carbonyl (C=O) groups is 1. The van der Waals surface area contributed by atoms with Crippen LogP contribution in [0.15, 0.2) is 77.1 Å². The summed E-state index contributed by atoms with van der Waals surface area (Å²) < 4.78 is 25.6. The van der Waals surface area contributed by atoms with Gasteiger partial charge in [0.05, 0.1) is 17.6 Å². The maximum absolute atomic E-state index is 12.5. The molecule has 2 heterocycles. The Hall–Kier alpha value is -3.59. The highest BCUT2D eigenvalue weighted by Gasteiger charge is 2.43. The first kappa shape index (κ1) is 28.4. The maximum atomic E-state index is 12.5. The number of aromatic nitrogens is 1. The number of pyridine rings is 1. The van der Waals surface area contributed by atoms with Crippen molar-refractivity contribution in [2.75, 3.05) is 17.5 Å². The molecule has 0 radical (unpaired) electrons. The summed E-state index contributed by atoms with van der Waals surface area (Å²) in [5.74, 6) is 0. The van der Waals surface area contributed by atoms with Crippen molar-refractivity contribution in [2.24, 2.45) is 10.2 Å². The number of likely N-dealkylation sites (N-methyl/N-ethyl adjacent to an activating group) is 1. The van der Waals surface area contributed by atoms with Gasteiger partial charge in [-0.2, -0.15) is 5.11 Å². The molecule has 1 aliphatic heterocycles. The molecule has 0 spiro atoms. The second-order valence-electron chi connectivity index (χ2n) is 11.2. The van der Waals surface area contributed by atoms with E-state index < -0.39 is 15.7 Å². The molecule has 0 saturated heterocycles. The van der Waals surface area contributed by atoms with Crippen LogP contribution in [-0.2, 0) is 28.3 Å². The van der Waals surface area contributed by atoms with E-state index in [0.29, 0.717) is 30.8 Å². The Bertz CT molecular complexity index is 1450. The topological polar surface area (TPSA) is 104 Å². The lowest BCUT2D eigenvalue weighted by molar-refractivity contribution is 0.138. The molecule has 4 rings (SSSR count). The van der Waals surface area contributed by atoms with Gasteiger partial charge in [0.1, 0.15) is 0 Å². The number of hydrogen-bond acceptors (Lipinski definition) is 5. The minimum absolute atomic E-state index is 0.0795. The molecule has 8 nitrogen and oxygen atoms in total. The van der Waals surface area contributed by atoms with Crippen LogP contribution in [0.5, 0.6) is 0 Å². The molecule has 1 aromatic heterocycles. The number of hydrogen-bond donors (Lipinski definition) is 1. The first-order valence-corrected chi connectivity index (χ1v) is 15.1. The first-order valence-electron chi connectivity index (χ1n) is 13.3. The van der Waals surface area contributed by atoms with Crippen LogP contribution in [0.25, 0.3) is 11.3 Å². The first-order chi connectivity index (χ1) is 18.4. The van der Waals surface area contributed by atoms with Gasteiger partial charge in [-0.25, -0.2) is 13.2 Å². The lowest BCUT2D eigenvalue weighted by Gasteiger charge is -2.34. The van der Waals surface area contributed by atoms with Crippen molar-refractivity contribution in [3.05, 3.63) is 83.6 Å². The number of amides is 2. The molecule has 1 unspecified atom stereocenters. The molecule has 0 fully saturated rings. The van der Waals surface area contributed by atoms with Gasteiger partial charge in [0, 0.05) is 24.7 Å². The highest BCUT2D eigenvalue weighted by molar-refractivity contribution is 7.92. The molecule has 0 aliphatic carbocycles. The van der Waals surface area contributed by atoms with Crippen LogP contribution in [0.3, 0.4) is 0 Å². The van der Waals surface area contributed by atoms with Gasteiger partial charge >= 0.3 is 6.03 Å². The minimum atomic E-state index is -3.36. The molecule has 0 saturated carbocycles. The Kier molecular flexibility index (Phi) is 8.20. The number of rotatable bonds is 10. The molecule has 1 atom stereocenters. The summed E-state index contributed by atoms with van der Waals surface area (Å²) in [4.78, 5) is 18.7. The Labute approximate surface area is 231 Å². The summed E-state index contributed by atoms with van der Waals surface area (Å²) in [5, 5.41) is 8.49. The molecule has 9 heteroatoms. The highest BCUT2D eigenvalue weighted by atomic mass is 32.2. The molecular formula is C30H37N5O3S. The van der Waals surface area contributed by atoms with Gasteiger partial charge in [-0.15, -0.1) is 0 Å². The van der Waals surface area contributed by atoms with E-state index in [2.05, 4.69) is 77.1 Å². The van der Waals surface area contributed by atoms with E-state index in [1.165, 1.54) is 5.56 Å². The van der Waals surface area contributed by atoms with Crippen molar-refractivity contribution in [1.29, 1.82) is 0 Å². The molecular weight excluding hydrogens is 510 g/mol. The fourth-order valence-electron chi connectivity index (χ4n) is 4.99. The summed E-state index contributed by atoms with van der Waals surface area (Å²) in [6.07, 6.45) is 5.72. The number of benzene rings is 2. The van der Waals surface area contributed by atoms with E-state index in [-0.39, 0.29) is 11.4 Å². The predicted octanol–water partition coefficient (Wildman–Crippen LogP) is 6.59. The number of anilines is 1. The number of urea groups is 1. The third-order valence-electron chi connectivity index (χ3n) is 7.03. The summed E-state index contributed by atoms with van der Waals surface area (Å²) in [6, 6.07) is 19.8. The van der Waals surface area contributed by atoms with Gasteiger partial charge in [0.2, 0.25) is 10.0 Å². The van der Waals surface area contributed by atoms with Crippen LogP contribution in [0.4, 0.5) is 10.5 Å². The maximum Gasteiger partial charge on any atom is 0.363 e. The van der Waals surface area contributed by atoms with Crippen molar-refractivity contribution in [3.8, 4) is 11.3 Å². The summed E-state index contributed by atoms with van der Waals surface area (Å²) in [5.41, 5.74) is 5.05. The van der Waals surface area contributed by atoms with Crippen LogP contribution in [-0.4, -0.2) is 42.8 Å². The zero-order valence-corrected chi connectivity index (χ0v) is 24.1. The van der Waals surface area contributed by atoms with Crippen LogP contribution in [0.1, 0.15) is 57.2 Å². The lowest BCUT2D eigenvalue weighted by atomic mass is 9.85. The predicted molar refractivity (Wildman–Crippen MR) is 155 cm³/mol. The van der Waals surface area contributed by atoms with E-state index in [4.69, 9.17) is 0 Å². The number of azo groups is 1. The smallest absolute Gasteiger partial charge is 0.295 e. The number of nitrogens with zero attached hydrogens (tertiary/aromatic N) is 4. The quantitative estimate of drug-likeness (QED) is 0.309. The molecule has 206 valence electrons. The second-order valence-corrected chi connectivity index (χ2v) is 12.9. The van der Waals surface area contributed by atoms with Gasteiger partial charge in [0.25, 0.3) is 0 Å². The van der Waals surface area contributed by atoms with Crippen molar-refractivity contribution in [2.45, 2.75) is 64.5 Å². The standard InChI is InChI=1S/C30H37N5O3S/c1-6-35-28(36)32-34-30(35,21-23-11-15-25(16-12-23)29(2,3)4)18-7-8-22-9-13-24(14-10-22)27-20-26(17-19-31-27)33-39(5,37)38/h9-17,19-20H,6-8,18,21H2,1-5H3,(H,31,33). The molecule has 1 aliphatic rings. The largest absolute Gasteiger partial charge is 0.363 e. The number of sulfonamides is 1. The van der Waals surface area contributed by atoms with Crippen LogP contribution >= 0.6 is 0 Å². The van der Waals surface area contributed by atoms with E-state index in [1.54, 1.807) is 23.2 Å². The Morgan fingerprint density at radius 2 is 1.64 bits per heavy atom. The van der Waals surface area contributed by atoms with Crippen molar-refractivity contribution >= 4 is 21.7 Å². The van der Waals surface area contributed by atoms with Crippen LogP contribution < -0.4 is 4.72 Å². The van der Waals surface area contributed by atoms with Gasteiger partial charge in [-0.3, -0.25) is 14.6 Å². The van der Waals surface area contributed by atoms with Crippen molar-refractivity contribution in [1.82, 2.24) is 9.88 Å². The van der Waals surface area contributed by atoms with Gasteiger partial charge in [-0.05, 0) is 60.4 Å². The third kappa shape index (κ3) is 7.09. The number of nitrogens with one attached hydrogen (secondary N) is 1. The van der Waals surface area contributed by atoms with Gasteiger partial charge < -0.3 is 0 Å². The molecule has 2 aromatic carbocycles. The Morgan fingerprint density at radius 1 is 0.974 bits per heavy atom. The average molecular weight is 548 g/mol. The zero-order valence-electron chi connectivity index (χ0n) is 23.3. The van der Waals surface area contributed by atoms with Crippen LogP contribution in [0.2, 0.25) is 0 Å². The second kappa shape index (κ2) is 11.3. The van der Waals surface area contributed by atoms with Gasteiger partial charge in [0.15, 0.2) is 5.66 Å².